The highest BCUT2D eigenvalue weighted by molar-refractivity contribution is 8.01. The van der Waals surface area contributed by atoms with E-state index in [4.69, 9.17) is 4.74 Å². The molecule has 0 spiro atoms. The summed E-state index contributed by atoms with van der Waals surface area (Å²) in [5.74, 6) is 1.37. The van der Waals surface area contributed by atoms with Crippen LogP contribution in [0.15, 0.2) is 28.6 Å². The van der Waals surface area contributed by atoms with Gasteiger partial charge in [0.2, 0.25) is 11.0 Å². The smallest absolute Gasteiger partial charge is 0.233 e. The molecule has 8 heteroatoms. The van der Waals surface area contributed by atoms with Crippen LogP contribution in [-0.2, 0) is 4.79 Å². The molecule has 1 aliphatic rings. The summed E-state index contributed by atoms with van der Waals surface area (Å²) in [6, 6.07) is 8.07. The first-order valence-corrected chi connectivity index (χ1v) is 10.7. The average Bonchev–Trinajstić information content (AvgIpc) is 3.14. The number of hydrogen-bond donors (Lipinski definition) is 1. The molecule has 1 N–H and O–H groups in total. The van der Waals surface area contributed by atoms with Crippen molar-refractivity contribution in [3.63, 3.8) is 0 Å². The quantitative estimate of drug-likeness (QED) is 0.713. The van der Waals surface area contributed by atoms with Crippen LogP contribution in [0.25, 0.3) is 0 Å². The monoisotopic (exact) mass is 392 g/mol. The van der Waals surface area contributed by atoms with Gasteiger partial charge >= 0.3 is 0 Å². The Morgan fingerprint density at radius 3 is 3.04 bits per heavy atom. The van der Waals surface area contributed by atoms with Crippen molar-refractivity contribution < 1.29 is 9.53 Å². The molecule has 1 aromatic heterocycles. The number of para-hydroxylation sites is 2. The predicted octanol–water partition coefficient (Wildman–Crippen LogP) is 4.17. The third-order valence-corrected chi connectivity index (χ3v) is 6.45. The van der Waals surface area contributed by atoms with Gasteiger partial charge in [0.05, 0.1) is 18.6 Å². The lowest BCUT2D eigenvalue weighted by Gasteiger charge is -2.35. The summed E-state index contributed by atoms with van der Waals surface area (Å²) in [5.41, 5.74) is 0.845. The molecule has 0 radical (unpaired) electrons. The Kier molecular flexibility index (Phi) is 6.73. The van der Waals surface area contributed by atoms with Crippen LogP contribution >= 0.6 is 23.1 Å². The van der Waals surface area contributed by atoms with Crippen molar-refractivity contribution in [3.05, 3.63) is 24.3 Å². The van der Waals surface area contributed by atoms with Gasteiger partial charge in [-0.1, -0.05) is 42.2 Å². The fourth-order valence-corrected chi connectivity index (χ4v) is 4.79. The van der Waals surface area contributed by atoms with E-state index in [-0.39, 0.29) is 5.91 Å². The van der Waals surface area contributed by atoms with Gasteiger partial charge in [-0.3, -0.25) is 4.79 Å². The lowest BCUT2D eigenvalue weighted by molar-refractivity contribution is -0.132. The SMILES string of the molecule is CC[C@H]1CCCCN1C(=O)CSc1nnc(Nc2ccccc2OC)s1. The number of nitrogens with one attached hydrogen (secondary N) is 1. The Morgan fingerprint density at radius 2 is 2.23 bits per heavy atom. The lowest BCUT2D eigenvalue weighted by atomic mass is 10.0. The fraction of sp³-hybridized carbons (Fsp3) is 0.500. The number of piperidine rings is 1. The maximum Gasteiger partial charge on any atom is 0.233 e. The molecule has 1 aliphatic heterocycles. The first kappa shape index (κ1) is 19.0. The van der Waals surface area contributed by atoms with Crippen LogP contribution in [0.1, 0.15) is 32.6 Å². The van der Waals surface area contributed by atoms with Crippen LogP contribution in [-0.4, -0.2) is 46.5 Å². The number of hydrogen-bond acceptors (Lipinski definition) is 7. The van der Waals surface area contributed by atoms with Gasteiger partial charge < -0.3 is 15.0 Å². The molecule has 26 heavy (non-hydrogen) atoms. The highest BCUT2D eigenvalue weighted by atomic mass is 32.2. The topological polar surface area (TPSA) is 67.4 Å². The highest BCUT2D eigenvalue weighted by Gasteiger charge is 2.25. The minimum Gasteiger partial charge on any atom is -0.495 e. The van der Waals surface area contributed by atoms with E-state index in [2.05, 4.69) is 22.4 Å². The standard InChI is InChI=1S/C18H24N4O2S2/c1-3-13-8-6-7-11-22(13)16(23)12-25-18-21-20-17(26-18)19-14-9-4-5-10-15(14)24-2/h4-5,9-10,13H,3,6-8,11-12H2,1-2H3,(H,19,20)/t13-/m0/s1. The molecule has 0 bridgehead atoms. The molecule has 1 amide bonds. The summed E-state index contributed by atoms with van der Waals surface area (Å²) in [4.78, 5) is 14.6. The maximum atomic E-state index is 12.6. The molecule has 2 heterocycles. The van der Waals surface area contributed by atoms with Gasteiger partial charge in [-0.05, 0) is 37.8 Å². The van der Waals surface area contributed by atoms with Crippen LogP contribution in [0.2, 0.25) is 0 Å². The van der Waals surface area contributed by atoms with Gasteiger partial charge in [0.15, 0.2) is 4.34 Å². The minimum absolute atomic E-state index is 0.205. The zero-order valence-corrected chi connectivity index (χ0v) is 16.7. The lowest BCUT2D eigenvalue weighted by Crippen LogP contribution is -2.44. The number of amides is 1. The molecule has 1 atom stereocenters. The van der Waals surface area contributed by atoms with Crippen molar-refractivity contribution in [2.45, 2.75) is 43.0 Å². The molecule has 1 saturated heterocycles. The molecular formula is C18H24N4O2S2. The molecule has 0 aliphatic carbocycles. The van der Waals surface area contributed by atoms with E-state index in [1.165, 1.54) is 29.5 Å². The number of carbonyl (C=O) groups is 1. The molecule has 1 fully saturated rings. The maximum absolute atomic E-state index is 12.6. The number of nitrogens with zero attached hydrogens (tertiary/aromatic N) is 3. The van der Waals surface area contributed by atoms with Gasteiger partial charge in [0.1, 0.15) is 5.75 Å². The molecular weight excluding hydrogens is 368 g/mol. The molecule has 1 aromatic carbocycles. The summed E-state index contributed by atoms with van der Waals surface area (Å²) < 4.78 is 6.12. The number of aromatic nitrogens is 2. The van der Waals surface area contributed by atoms with E-state index >= 15 is 0 Å². The Balaban J connectivity index is 1.56. The van der Waals surface area contributed by atoms with Gasteiger partial charge in [0, 0.05) is 12.6 Å². The summed E-state index contributed by atoms with van der Waals surface area (Å²) in [7, 11) is 1.64. The molecule has 6 nitrogen and oxygen atoms in total. The van der Waals surface area contributed by atoms with Gasteiger partial charge in [-0.15, -0.1) is 10.2 Å². The zero-order valence-electron chi connectivity index (χ0n) is 15.1. The summed E-state index contributed by atoms with van der Waals surface area (Å²) in [6.45, 7) is 3.04. The molecule has 2 aromatic rings. The summed E-state index contributed by atoms with van der Waals surface area (Å²) >= 11 is 2.90. The second-order valence-corrected chi connectivity index (χ2v) is 8.33. The third-order valence-electron chi connectivity index (χ3n) is 4.49. The van der Waals surface area contributed by atoms with Gasteiger partial charge in [-0.25, -0.2) is 0 Å². The van der Waals surface area contributed by atoms with Crippen LogP contribution in [0.4, 0.5) is 10.8 Å². The zero-order chi connectivity index (χ0) is 18.4. The minimum atomic E-state index is 0.205. The van der Waals surface area contributed by atoms with E-state index in [9.17, 15) is 4.79 Å². The largest absolute Gasteiger partial charge is 0.495 e. The van der Waals surface area contributed by atoms with Crippen molar-refractivity contribution in [3.8, 4) is 5.75 Å². The molecule has 0 saturated carbocycles. The van der Waals surface area contributed by atoms with Crippen LogP contribution in [0, 0.1) is 0 Å². The Morgan fingerprint density at radius 1 is 1.38 bits per heavy atom. The fourth-order valence-electron chi connectivity index (χ4n) is 3.14. The van der Waals surface area contributed by atoms with Gasteiger partial charge in [0.25, 0.3) is 0 Å². The Hall–Kier alpha value is -1.80. The number of rotatable bonds is 7. The summed E-state index contributed by atoms with van der Waals surface area (Å²) in [5, 5.41) is 12.3. The van der Waals surface area contributed by atoms with Crippen molar-refractivity contribution in [1.29, 1.82) is 0 Å². The average molecular weight is 393 g/mol. The second-order valence-electron chi connectivity index (χ2n) is 6.13. The van der Waals surface area contributed by atoms with Crippen LogP contribution < -0.4 is 10.1 Å². The van der Waals surface area contributed by atoms with Gasteiger partial charge in [-0.2, -0.15) is 0 Å². The normalized spacial score (nSPS) is 17.2. The number of thioether (sulfide) groups is 1. The highest BCUT2D eigenvalue weighted by Crippen LogP contribution is 2.31. The first-order chi connectivity index (χ1) is 12.7. The number of likely N-dealkylation sites (tertiary alicyclic amines) is 1. The van der Waals surface area contributed by atoms with E-state index in [0.717, 1.165) is 41.6 Å². The van der Waals surface area contributed by atoms with Crippen molar-refractivity contribution in [2.75, 3.05) is 24.7 Å². The Labute approximate surface area is 162 Å². The first-order valence-electron chi connectivity index (χ1n) is 8.87. The number of anilines is 2. The summed E-state index contributed by atoms with van der Waals surface area (Å²) in [6.07, 6.45) is 4.49. The van der Waals surface area contributed by atoms with Crippen molar-refractivity contribution in [1.82, 2.24) is 15.1 Å². The molecule has 3 rings (SSSR count). The Bertz CT molecular complexity index is 737. The molecule has 140 valence electrons. The van der Waals surface area contributed by atoms with E-state index in [0.29, 0.717) is 16.9 Å². The predicted molar refractivity (Wildman–Crippen MR) is 107 cm³/mol. The van der Waals surface area contributed by atoms with E-state index < -0.39 is 0 Å². The number of benzene rings is 1. The van der Waals surface area contributed by atoms with Crippen LogP contribution in [0.3, 0.4) is 0 Å². The third kappa shape index (κ3) is 4.67. The van der Waals surface area contributed by atoms with Crippen LogP contribution in [0.5, 0.6) is 5.75 Å². The van der Waals surface area contributed by atoms with E-state index in [1.54, 1.807) is 7.11 Å². The van der Waals surface area contributed by atoms with Crippen molar-refractivity contribution >= 4 is 39.8 Å². The second kappa shape index (κ2) is 9.23. The number of carbonyl (C=O) groups excluding carboxylic acids is 1. The van der Waals surface area contributed by atoms with Crippen molar-refractivity contribution in [2.24, 2.45) is 0 Å². The number of ether oxygens (including phenoxy) is 1. The molecule has 0 unspecified atom stereocenters. The number of methoxy groups -OCH3 is 1. The van der Waals surface area contributed by atoms with E-state index in [1.807, 2.05) is 29.2 Å².